The van der Waals surface area contributed by atoms with E-state index in [9.17, 15) is 9.90 Å². The lowest BCUT2D eigenvalue weighted by molar-refractivity contribution is -0.116. The molecule has 1 aliphatic heterocycles. The molecule has 16 heavy (non-hydrogen) atoms. The minimum Gasteiger partial charge on any atom is -0.386 e. The van der Waals surface area contributed by atoms with Crippen LogP contribution in [-0.4, -0.2) is 17.6 Å². The third-order valence-corrected chi connectivity index (χ3v) is 3.07. The summed E-state index contributed by atoms with van der Waals surface area (Å²) >= 11 is 0. The molecule has 0 bridgehead atoms. The van der Waals surface area contributed by atoms with E-state index in [1.807, 2.05) is 18.2 Å². The average Bonchev–Trinajstić information content (AvgIpc) is 2.58. The van der Waals surface area contributed by atoms with Gasteiger partial charge >= 0.3 is 0 Å². The van der Waals surface area contributed by atoms with E-state index in [1.54, 1.807) is 25.7 Å². The van der Waals surface area contributed by atoms with Crippen LogP contribution in [0.3, 0.4) is 0 Å². The number of hydrogen-bond acceptors (Lipinski definition) is 2. The molecule has 3 nitrogen and oxygen atoms in total. The second kappa shape index (κ2) is 3.59. The Balaban J connectivity index is 2.52. The van der Waals surface area contributed by atoms with E-state index in [2.05, 4.69) is 0 Å². The molecule has 86 valence electrons. The Morgan fingerprint density at radius 3 is 2.69 bits per heavy atom. The average molecular weight is 219 g/mol. The fraction of sp³-hybridized carbons (Fsp3) is 0.462. The van der Waals surface area contributed by atoms with Crippen LogP contribution < -0.4 is 4.90 Å². The molecule has 0 saturated heterocycles. The summed E-state index contributed by atoms with van der Waals surface area (Å²) in [6.45, 7) is 5.85. The van der Waals surface area contributed by atoms with Crippen LogP contribution in [-0.2, 0) is 16.8 Å². The van der Waals surface area contributed by atoms with Gasteiger partial charge in [-0.1, -0.05) is 12.1 Å². The monoisotopic (exact) mass is 219 g/mol. The van der Waals surface area contributed by atoms with E-state index in [4.69, 9.17) is 0 Å². The van der Waals surface area contributed by atoms with Crippen molar-refractivity contribution in [2.45, 2.75) is 32.8 Å². The Bertz CT molecular complexity index is 432. The predicted molar refractivity (Wildman–Crippen MR) is 63.4 cm³/mol. The number of nitrogens with zero attached hydrogens (tertiary/aromatic N) is 1. The van der Waals surface area contributed by atoms with E-state index in [0.29, 0.717) is 0 Å². The molecule has 0 radical (unpaired) electrons. The van der Waals surface area contributed by atoms with Gasteiger partial charge in [-0.05, 0) is 37.5 Å². The number of anilines is 1. The highest BCUT2D eigenvalue weighted by molar-refractivity contribution is 5.94. The van der Waals surface area contributed by atoms with E-state index in [1.165, 1.54) is 0 Å². The molecule has 1 heterocycles. The molecular formula is C13H17NO2. The van der Waals surface area contributed by atoms with Crippen LogP contribution >= 0.6 is 0 Å². The second-order valence-electron chi connectivity index (χ2n) is 4.78. The number of carbonyl (C=O) groups excluding carboxylic acids is 1. The van der Waals surface area contributed by atoms with Gasteiger partial charge in [0, 0.05) is 19.2 Å². The zero-order valence-electron chi connectivity index (χ0n) is 9.95. The highest BCUT2D eigenvalue weighted by Crippen LogP contribution is 2.35. The number of benzene rings is 1. The van der Waals surface area contributed by atoms with Crippen molar-refractivity contribution in [1.29, 1.82) is 0 Å². The van der Waals surface area contributed by atoms with E-state index >= 15 is 0 Å². The highest BCUT2D eigenvalue weighted by atomic mass is 16.3. The molecule has 1 amide bonds. The van der Waals surface area contributed by atoms with Crippen molar-refractivity contribution >= 4 is 11.6 Å². The van der Waals surface area contributed by atoms with Gasteiger partial charge < -0.3 is 10.0 Å². The van der Waals surface area contributed by atoms with E-state index in [-0.39, 0.29) is 5.91 Å². The first-order valence-corrected chi connectivity index (χ1v) is 5.54. The van der Waals surface area contributed by atoms with Gasteiger partial charge in [0.25, 0.3) is 0 Å². The van der Waals surface area contributed by atoms with Crippen LogP contribution in [0.15, 0.2) is 18.2 Å². The maximum absolute atomic E-state index is 11.4. The van der Waals surface area contributed by atoms with Gasteiger partial charge in [-0.15, -0.1) is 0 Å². The normalized spacial score (nSPS) is 15.1. The van der Waals surface area contributed by atoms with Gasteiger partial charge in [0.05, 0.1) is 5.60 Å². The first-order valence-electron chi connectivity index (χ1n) is 5.54. The Kier molecular flexibility index (Phi) is 2.50. The number of rotatable bonds is 1. The van der Waals surface area contributed by atoms with Crippen molar-refractivity contribution in [3.8, 4) is 0 Å². The van der Waals surface area contributed by atoms with Crippen molar-refractivity contribution in [1.82, 2.24) is 0 Å². The zero-order chi connectivity index (χ0) is 11.9. The summed E-state index contributed by atoms with van der Waals surface area (Å²) in [5.74, 6) is 0.0617. The molecule has 0 saturated carbocycles. The van der Waals surface area contributed by atoms with Gasteiger partial charge in [0.1, 0.15) is 0 Å². The molecule has 0 fully saturated rings. The number of aliphatic hydroxyl groups is 1. The summed E-state index contributed by atoms with van der Waals surface area (Å²) in [5, 5.41) is 10.1. The zero-order valence-corrected chi connectivity index (χ0v) is 9.95. The standard InChI is InChI=1S/C13H17NO2/c1-9(15)14-8-7-10-11(13(2,3)16)5-4-6-12(10)14/h4-6,16H,7-8H2,1-3H3. The van der Waals surface area contributed by atoms with Crippen molar-refractivity contribution < 1.29 is 9.90 Å². The highest BCUT2D eigenvalue weighted by Gasteiger charge is 2.28. The molecule has 0 unspecified atom stereocenters. The molecule has 1 N–H and O–H groups in total. The quantitative estimate of drug-likeness (QED) is 0.782. The molecule has 1 aliphatic rings. The van der Waals surface area contributed by atoms with Gasteiger partial charge in [0.15, 0.2) is 0 Å². The lowest BCUT2D eigenvalue weighted by atomic mass is 9.92. The summed E-state index contributed by atoms with van der Waals surface area (Å²) < 4.78 is 0. The molecule has 0 aliphatic carbocycles. The van der Waals surface area contributed by atoms with Crippen LogP contribution in [0.1, 0.15) is 31.9 Å². The molecule has 3 heteroatoms. The van der Waals surface area contributed by atoms with Crippen LogP contribution in [0.4, 0.5) is 5.69 Å². The maximum Gasteiger partial charge on any atom is 0.223 e. The molecular weight excluding hydrogens is 202 g/mol. The minimum atomic E-state index is -0.849. The smallest absolute Gasteiger partial charge is 0.223 e. The van der Waals surface area contributed by atoms with Crippen LogP contribution in [0.2, 0.25) is 0 Å². The summed E-state index contributed by atoms with van der Waals surface area (Å²) in [5.41, 5.74) is 2.13. The lowest BCUT2D eigenvalue weighted by Gasteiger charge is -2.22. The maximum atomic E-state index is 11.4. The van der Waals surface area contributed by atoms with Crippen LogP contribution in [0.25, 0.3) is 0 Å². The third kappa shape index (κ3) is 1.71. The summed E-state index contributed by atoms with van der Waals surface area (Å²) in [7, 11) is 0. The molecule has 1 aromatic carbocycles. The largest absolute Gasteiger partial charge is 0.386 e. The summed E-state index contributed by atoms with van der Waals surface area (Å²) in [6.07, 6.45) is 0.828. The molecule has 0 aromatic heterocycles. The van der Waals surface area contributed by atoms with E-state index < -0.39 is 5.60 Å². The van der Waals surface area contributed by atoms with Crippen molar-refractivity contribution in [2.75, 3.05) is 11.4 Å². The predicted octanol–water partition coefficient (Wildman–Crippen LogP) is 1.82. The molecule has 1 aromatic rings. The van der Waals surface area contributed by atoms with Crippen LogP contribution in [0, 0.1) is 0 Å². The molecule has 0 spiro atoms. The number of amides is 1. The van der Waals surface area contributed by atoms with Crippen molar-refractivity contribution in [3.05, 3.63) is 29.3 Å². The third-order valence-electron chi connectivity index (χ3n) is 3.07. The van der Waals surface area contributed by atoms with Crippen molar-refractivity contribution in [2.24, 2.45) is 0 Å². The molecule has 0 atom stereocenters. The fourth-order valence-electron chi connectivity index (χ4n) is 2.33. The Labute approximate surface area is 95.7 Å². The Morgan fingerprint density at radius 2 is 2.12 bits per heavy atom. The topological polar surface area (TPSA) is 40.5 Å². The summed E-state index contributed by atoms with van der Waals surface area (Å²) in [4.78, 5) is 13.2. The van der Waals surface area contributed by atoms with Gasteiger partial charge in [-0.2, -0.15) is 0 Å². The lowest BCUT2D eigenvalue weighted by Crippen LogP contribution is -2.25. The van der Waals surface area contributed by atoms with Gasteiger partial charge in [-0.3, -0.25) is 4.79 Å². The first-order chi connectivity index (χ1) is 7.41. The second-order valence-corrected chi connectivity index (χ2v) is 4.78. The number of fused-ring (bicyclic) bond motifs is 1. The van der Waals surface area contributed by atoms with Crippen LogP contribution in [0.5, 0.6) is 0 Å². The first kappa shape index (κ1) is 11.1. The Hall–Kier alpha value is -1.35. The van der Waals surface area contributed by atoms with Crippen molar-refractivity contribution in [3.63, 3.8) is 0 Å². The number of carbonyl (C=O) groups is 1. The SMILES string of the molecule is CC(=O)N1CCc2c1cccc2C(C)(C)O. The Morgan fingerprint density at radius 1 is 1.44 bits per heavy atom. The minimum absolute atomic E-state index is 0.0617. The van der Waals surface area contributed by atoms with Gasteiger partial charge in [-0.25, -0.2) is 0 Å². The molecule has 2 rings (SSSR count). The fourth-order valence-corrected chi connectivity index (χ4v) is 2.33. The summed E-state index contributed by atoms with van der Waals surface area (Å²) in [6, 6.07) is 5.77. The van der Waals surface area contributed by atoms with Gasteiger partial charge in [0.2, 0.25) is 5.91 Å². The van der Waals surface area contributed by atoms with E-state index in [0.717, 1.165) is 29.8 Å². The number of hydrogen-bond donors (Lipinski definition) is 1.